The van der Waals surface area contributed by atoms with Crippen LogP contribution in [-0.2, 0) is 11.2 Å². The molecule has 2 aromatic rings. The number of rotatable bonds is 5. The largest absolute Gasteiger partial charge is 0.349 e. The Morgan fingerprint density at radius 3 is 2.13 bits per heavy atom. The molecule has 0 radical (unpaired) electrons. The second kappa shape index (κ2) is 7.45. The molecule has 1 amide bonds. The Hall–Kier alpha value is -2.09. The highest BCUT2D eigenvalue weighted by molar-refractivity contribution is 5.79. The van der Waals surface area contributed by atoms with Crippen molar-refractivity contribution < 1.29 is 4.79 Å². The Labute approximate surface area is 139 Å². The molecule has 2 heteroatoms. The van der Waals surface area contributed by atoms with Crippen molar-refractivity contribution in [2.24, 2.45) is 0 Å². The Morgan fingerprint density at radius 2 is 1.57 bits per heavy atom. The summed E-state index contributed by atoms with van der Waals surface area (Å²) >= 11 is 0. The van der Waals surface area contributed by atoms with Crippen LogP contribution >= 0.6 is 0 Å². The first kappa shape index (κ1) is 17.3. The number of amides is 1. The molecule has 0 aromatic heterocycles. The molecule has 2 rings (SSSR count). The highest BCUT2D eigenvalue weighted by atomic mass is 16.1. The van der Waals surface area contributed by atoms with Crippen molar-refractivity contribution in [1.29, 1.82) is 0 Å². The molecule has 0 bridgehead atoms. The summed E-state index contributed by atoms with van der Waals surface area (Å²) in [5.41, 5.74) is 7.22. The minimum absolute atomic E-state index is 0.0776. The normalized spacial score (nSPS) is 12.0. The zero-order valence-corrected chi connectivity index (χ0v) is 14.9. The SMILES string of the molecule is CC[C@H](NC(=O)Cc1ccc(C)cc1C)c1ccc(C)cc1C. The van der Waals surface area contributed by atoms with E-state index in [1.165, 1.54) is 27.8 Å². The third kappa shape index (κ3) is 4.44. The van der Waals surface area contributed by atoms with Crippen molar-refractivity contribution in [1.82, 2.24) is 5.32 Å². The molecule has 0 fully saturated rings. The van der Waals surface area contributed by atoms with Crippen molar-refractivity contribution in [3.05, 3.63) is 69.8 Å². The van der Waals surface area contributed by atoms with Crippen LogP contribution in [0.4, 0.5) is 0 Å². The summed E-state index contributed by atoms with van der Waals surface area (Å²) in [5, 5.41) is 3.19. The minimum Gasteiger partial charge on any atom is -0.349 e. The predicted molar refractivity (Wildman–Crippen MR) is 96.7 cm³/mol. The van der Waals surface area contributed by atoms with Gasteiger partial charge in [-0.3, -0.25) is 4.79 Å². The van der Waals surface area contributed by atoms with Crippen LogP contribution in [-0.4, -0.2) is 5.91 Å². The number of benzene rings is 2. The van der Waals surface area contributed by atoms with Gasteiger partial charge in [-0.2, -0.15) is 0 Å². The maximum atomic E-state index is 12.5. The molecule has 1 N–H and O–H groups in total. The third-order valence-electron chi connectivity index (χ3n) is 4.39. The maximum Gasteiger partial charge on any atom is 0.224 e. The van der Waals surface area contributed by atoms with Crippen LogP contribution in [0.15, 0.2) is 36.4 Å². The quantitative estimate of drug-likeness (QED) is 0.850. The number of hydrogen-bond donors (Lipinski definition) is 1. The fourth-order valence-corrected chi connectivity index (χ4v) is 3.08. The fraction of sp³-hybridized carbons (Fsp3) is 0.381. The summed E-state index contributed by atoms with van der Waals surface area (Å²) in [4.78, 5) is 12.5. The summed E-state index contributed by atoms with van der Waals surface area (Å²) in [6, 6.07) is 12.8. The van der Waals surface area contributed by atoms with E-state index in [1.807, 2.05) is 0 Å². The average molecular weight is 309 g/mol. The Balaban J connectivity index is 2.10. The maximum absolute atomic E-state index is 12.5. The highest BCUT2D eigenvalue weighted by Crippen LogP contribution is 2.22. The summed E-state index contributed by atoms with van der Waals surface area (Å²) in [7, 11) is 0. The first-order valence-electron chi connectivity index (χ1n) is 8.33. The average Bonchev–Trinajstić information content (AvgIpc) is 2.48. The summed E-state index contributed by atoms with van der Waals surface area (Å²) in [6.45, 7) is 10.5. The first-order valence-corrected chi connectivity index (χ1v) is 8.33. The molecule has 0 unspecified atom stereocenters. The van der Waals surface area contributed by atoms with Crippen molar-refractivity contribution in [2.45, 2.75) is 53.5 Å². The van der Waals surface area contributed by atoms with Crippen LogP contribution in [0.3, 0.4) is 0 Å². The monoisotopic (exact) mass is 309 g/mol. The molecule has 0 aliphatic rings. The van der Waals surface area contributed by atoms with Crippen LogP contribution < -0.4 is 5.32 Å². The second-order valence-corrected chi connectivity index (χ2v) is 6.50. The minimum atomic E-state index is 0.0776. The molecule has 0 aliphatic heterocycles. The molecule has 0 heterocycles. The lowest BCUT2D eigenvalue weighted by Gasteiger charge is -2.20. The summed E-state index contributed by atoms with van der Waals surface area (Å²) in [5.74, 6) is 0.0868. The van der Waals surface area contributed by atoms with Gasteiger partial charge in [-0.1, -0.05) is 54.4 Å². The standard InChI is InChI=1S/C21H27NO/c1-6-20(19-10-8-15(3)12-17(19)5)22-21(23)13-18-9-7-14(2)11-16(18)4/h7-12,20H,6,13H2,1-5H3,(H,22,23)/t20-/m0/s1. The van der Waals surface area contributed by atoms with Gasteiger partial charge in [-0.15, -0.1) is 0 Å². The number of carbonyl (C=O) groups is 1. The topological polar surface area (TPSA) is 29.1 Å². The molecular formula is C21H27NO. The van der Waals surface area contributed by atoms with E-state index in [4.69, 9.17) is 0 Å². The van der Waals surface area contributed by atoms with Gasteiger partial charge in [0.05, 0.1) is 12.5 Å². The van der Waals surface area contributed by atoms with Gasteiger partial charge in [0, 0.05) is 0 Å². The number of nitrogens with one attached hydrogen (secondary N) is 1. The lowest BCUT2D eigenvalue weighted by molar-refractivity contribution is -0.121. The van der Waals surface area contributed by atoms with E-state index in [-0.39, 0.29) is 11.9 Å². The van der Waals surface area contributed by atoms with Gasteiger partial charge >= 0.3 is 0 Å². The summed E-state index contributed by atoms with van der Waals surface area (Å²) < 4.78 is 0. The zero-order chi connectivity index (χ0) is 17.0. The second-order valence-electron chi connectivity index (χ2n) is 6.50. The Morgan fingerprint density at radius 1 is 0.957 bits per heavy atom. The predicted octanol–water partition coefficient (Wildman–Crippen LogP) is 4.73. The van der Waals surface area contributed by atoms with E-state index in [0.29, 0.717) is 6.42 Å². The van der Waals surface area contributed by atoms with Crippen molar-refractivity contribution >= 4 is 5.91 Å². The van der Waals surface area contributed by atoms with E-state index in [9.17, 15) is 4.79 Å². The molecule has 2 nitrogen and oxygen atoms in total. The third-order valence-corrected chi connectivity index (χ3v) is 4.39. The Bertz CT molecular complexity index is 703. The first-order chi connectivity index (χ1) is 10.9. The fourth-order valence-electron chi connectivity index (χ4n) is 3.08. The van der Waals surface area contributed by atoms with Crippen LogP contribution in [0.1, 0.15) is 52.8 Å². The van der Waals surface area contributed by atoms with Crippen LogP contribution in [0, 0.1) is 27.7 Å². The molecule has 0 aliphatic carbocycles. The van der Waals surface area contributed by atoms with Crippen molar-refractivity contribution in [2.75, 3.05) is 0 Å². The number of hydrogen-bond acceptors (Lipinski definition) is 1. The van der Waals surface area contributed by atoms with Crippen LogP contribution in [0.5, 0.6) is 0 Å². The Kier molecular flexibility index (Phi) is 5.59. The lowest BCUT2D eigenvalue weighted by Crippen LogP contribution is -2.30. The highest BCUT2D eigenvalue weighted by Gasteiger charge is 2.15. The van der Waals surface area contributed by atoms with E-state index in [0.717, 1.165) is 12.0 Å². The lowest BCUT2D eigenvalue weighted by atomic mass is 9.97. The molecule has 0 saturated carbocycles. The van der Waals surface area contributed by atoms with Gasteiger partial charge in [0.2, 0.25) is 5.91 Å². The van der Waals surface area contributed by atoms with Crippen molar-refractivity contribution in [3.8, 4) is 0 Å². The number of carbonyl (C=O) groups excluding carboxylic acids is 1. The molecule has 23 heavy (non-hydrogen) atoms. The molecule has 0 spiro atoms. The van der Waals surface area contributed by atoms with E-state index in [1.54, 1.807) is 0 Å². The van der Waals surface area contributed by atoms with Gasteiger partial charge < -0.3 is 5.32 Å². The van der Waals surface area contributed by atoms with Gasteiger partial charge in [0.1, 0.15) is 0 Å². The zero-order valence-electron chi connectivity index (χ0n) is 14.9. The van der Waals surface area contributed by atoms with Crippen LogP contribution in [0.2, 0.25) is 0 Å². The van der Waals surface area contributed by atoms with Crippen LogP contribution in [0.25, 0.3) is 0 Å². The van der Waals surface area contributed by atoms with E-state index >= 15 is 0 Å². The van der Waals surface area contributed by atoms with Gasteiger partial charge in [-0.05, 0) is 56.4 Å². The van der Waals surface area contributed by atoms with Crippen molar-refractivity contribution in [3.63, 3.8) is 0 Å². The van der Waals surface area contributed by atoms with Gasteiger partial charge in [-0.25, -0.2) is 0 Å². The molecular weight excluding hydrogens is 282 g/mol. The van der Waals surface area contributed by atoms with Gasteiger partial charge in [0.15, 0.2) is 0 Å². The smallest absolute Gasteiger partial charge is 0.224 e. The molecule has 122 valence electrons. The summed E-state index contributed by atoms with van der Waals surface area (Å²) in [6.07, 6.45) is 1.33. The van der Waals surface area contributed by atoms with E-state index in [2.05, 4.69) is 76.3 Å². The molecule has 1 atom stereocenters. The van der Waals surface area contributed by atoms with Gasteiger partial charge in [0.25, 0.3) is 0 Å². The molecule has 0 saturated heterocycles. The molecule has 2 aromatic carbocycles. The number of aryl methyl sites for hydroxylation is 4. The van der Waals surface area contributed by atoms with E-state index < -0.39 is 0 Å².